The third-order valence-corrected chi connectivity index (χ3v) is 5.27. The molecular weight excluding hydrogens is 420 g/mol. The van der Waals surface area contributed by atoms with E-state index in [9.17, 15) is 14.9 Å². The molecule has 0 saturated carbocycles. The van der Waals surface area contributed by atoms with E-state index in [4.69, 9.17) is 11.6 Å². The third-order valence-electron chi connectivity index (χ3n) is 4.95. The van der Waals surface area contributed by atoms with Crippen molar-refractivity contribution in [3.63, 3.8) is 0 Å². The summed E-state index contributed by atoms with van der Waals surface area (Å²) in [5.41, 5.74) is 5.36. The molecule has 158 valence electrons. The first-order valence-electron chi connectivity index (χ1n) is 9.61. The molecule has 0 spiro atoms. The number of hydrazone groups is 1. The molecule has 0 atom stereocenters. The molecule has 0 saturated heterocycles. The maximum atomic E-state index is 12.6. The number of nitro groups is 1. The highest BCUT2D eigenvalue weighted by atomic mass is 35.5. The molecular formula is C21H19ClN6O3. The molecule has 2 heterocycles. The lowest BCUT2D eigenvalue weighted by Crippen LogP contribution is -2.35. The first-order valence-corrected chi connectivity index (χ1v) is 9.99. The minimum atomic E-state index is -0.559. The number of hydrogen-bond acceptors (Lipinski definition) is 7. The Balaban J connectivity index is 1.44. The highest BCUT2D eigenvalue weighted by molar-refractivity contribution is 6.32. The summed E-state index contributed by atoms with van der Waals surface area (Å²) in [6, 6.07) is 14.5. The molecule has 31 heavy (non-hydrogen) atoms. The number of fused-ring (bicyclic) bond motifs is 1. The van der Waals surface area contributed by atoms with Crippen LogP contribution < -0.4 is 11.0 Å². The lowest BCUT2D eigenvalue weighted by atomic mass is 10.1. The number of aromatic nitrogens is 2. The molecule has 9 nitrogen and oxygen atoms in total. The third kappa shape index (κ3) is 4.96. The summed E-state index contributed by atoms with van der Waals surface area (Å²) in [7, 11) is 0. The molecule has 3 aromatic rings. The van der Waals surface area contributed by atoms with Gasteiger partial charge in [0.15, 0.2) is 0 Å². The van der Waals surface area contributed by atoms with Crippen LogP contribution in [-0.2, 0) is 19.5 Å². The van der Waals surface area contributed by atoms with Crippen LogP contribution in [-0.4, -0.2) is 32.6 Å². The number of hydrogen-bond donors (Lipinski definition) is 2. The van der Waals surface area contributed by atoms with Crippen molar-refractivity contribution in [3.05, 3.63) is 96.4 Å². The van der Waals surface area contributed by atoms with Gasteiger partial charge in [-0.3, -0.25) is 24.8 Å². The van der Waals surface area contributed by atoms with Crippen molar-refractivity contribution in [1.82, 2.24) is 14.9 Å². The van der Waals surface area contributed by atoms with Crippen LogP contribution in [0.5, 0.6) is 0 Å². The first-order chi connectivity index (χ1) is 15.0. The second-order valence-corrected chi connectivity index (χ2v) is 7.53. The summed E-state index contributed by atoms with van der Waals surface area (Å²) >= 11 is 5.81. The van der Waals surface area contributed by atoms with Gasteiger partial charge in [0.2, 0.25) is 5.95 Å². The molecule has 1 aliphatic rings. The van der Waals surface area contributed by atoms with Crippen LogP contribution in [0.1, 0.15) is 22.4 Å². The van der Waals surface area contributed by atoms with Crippen LogP contribution in [0, 0.1) is 10.1 Å². The van der Waals surface area contributed by atoms with Crippen LogP contribution in [0.25, 0.3) is 0 Å². The summed E-state index contributed by atoms with van der Waals surface area (Å²) in [6.45, 7) is 2.11. The zero-order chi connectivity index (χ0) is 21.8. The number of benzene rings is 2. The number of nitrogens with zero attached hydrogens (tertiary/aromatic N) is 4. The number of anilines is 1. The monoisotopic (exact) mass is 438 g/mol. The zero-order valence-corrected chi connectivity index (χ0v) is 17.2. The molecule has 0 fully saturated rings. The smallest absolute Gasteiger partial charge is 0.288 e. The van der Waals surface area contributed by atoms with Crippen molar-refractivity contribution in [3.8, 4) is 0 Å². The van der Waals surface area contributed by atoms with E-state index in [-0.39, 0.29) is 22.2 Å². The Hall–Kier alpha value is -3.56. The number of nitro benzene ring substituents is 1. The minimum Gasteiger partial charge on any atom is -0.294 e. The molecule has 0 radical (unpaired) electrons. The van der Waals surface area contributed by atoms with Gasteiger partial charge in [-0.05, 0) is 11.6 Å². The molecule has 0 aliphatic carbocycles. The fraction of sp³-hybridized carbons (Fsp3) is 0.190. The fourth-order valence-electron chi connectivity index (χ4n) is 3.43. The minimum absolute atomic E-state index is 0.0529. The number of rotatable bonds is 6. The van der Waals surface area contributed by atoms with Crippen LogP contribution in [0.4, 0.5) is 11.6 Å². The van der Waals surface area contributed by atoms with Gasteiger partial charge < -0.3 is 0 Å². The predicted octanol–water partition coefficient (Wildman–Crippen LogP) is 3.34. The van der Waals surface area contributed by atoms with E-state index < -0.39 is 4.92 Å². The summed E-state index contributed by atoms with van der Waals surface area (Å²) in [6.07, 6.45) is 2.05. The van der Waals surface area contributed by atoms with Crippen molar-refractivity contribution in [1.29, 1.82) is 0 Å². The molecule has 0 bridgehead atoms. The van der Waals surface area contributed by atoms with Gasteiger partial charge in [0, 0.05) is 37.7 Å². The van der Waals surface area contributed by atoms with E-state index in [1.165, 1.54) is 23.9 Å². The Kier molecular flexibility index (Phi) is 6.06. The number of halogens is 1. The summed E-state index contributed by atoms with van der Waals surface area (Å²) in [5.74, 6) is 0.222. The van der Waals surface area contributed by atoms with Gasteiger partial charge >= 0.3 is 0 Å². The number of nitrogens with one attached hydrogen (secondary N) is 2. The number of aromatic amines is 1. The highest BCUT2D eigenvalue weighted by Gasteiger charge is 2.21. The van der Waals surface area contributed by atoms with Crippen LogP contribution in [0.2, 0.25) is 5.02 Å². The maximum Gasteiger partial charge on any atom is 0.288 e. The second-order valence-electron chi connectivity index (χ2n) is 7.12. The average Bonchev–Trinajstić information content (AvgIpc) is 2.76. The van der Waals surface area contributed by atoms with Gasteiger partial charge in [-0.15, -0.1) is 0 Å². The van der Waals surface area contributed by atoms with E-state index in [1.54, 1.807) is 6.07 Å². The van der Waals surface area contributed by atoms with E-state index in [1.807, 2.05) is 18.2 Å². The Bertz CT molecular complexity index is 1200. The van der Waals surface area contributed by atoms with Gasteiger partial charge in [-0.25, -0.2) is 10.4 Å². The molecule has 1 aliphatic heterocycles. The van der Waals surface area contributed by atoms with Gasteiger partial charge in [-0.2, -0.15) is 5.10 Å². The largest absolute Gasteiger partial charge is 0.294 e. The fourth-order valence-corrected chi connectivity index (χ4v) is 3.61. The lowest BCUT2D eigenvalue weighted by molar-refractivity contribution is -0.384. The Morgan fingerprint density at radius 3 is 2.87 bits per heavy atom. The van der Waals surface area contributed by atoms with Crippen molar-refractivity contribution in [2.45, 2.75) is 19.5 Å². The van der Waals surface area contributed by atoms with Crippen molar-refractivity contribution in [2.75, 3.05) is 12.0 Å². The molecule has 10 heteroatoms. The standard InChI is InChI=1S/C21H19ClN6O3/c22-17-7-6-15(10-19(17)28(30)31)11-23-26-21-24-18-8-9-27(13-16(18)20(29)25-21)12-14-4-2-1-3-5-14/h1-7,10-11H,8-9,12-13H2,(H2,24,25,26,29)/b23-11-. The molecule has 4 rings (SSSR count). The zero-order valence-electron chi connectivity index (χ0n) is 16.4. The molecule has 0 amide bonds. The molecule has 2 aromatic carbocycles. The van der Waals surface area contributed by atoms with Crippen LogP contribution in [0.3, 0.4) is 0 Å². The van der Waals surface area contributed by atoms with Crippen molar-refractivity contribution in [2.24, 2.45) is 5.10 Å². The summed E-state index contributed by atoms with van der Waals surface area (Å²) < 4.78 is 0. The van der Waals surface area contributed by atoms with E-state index >= 15 is 0 Å². The van der Waals surface area contributed by atoms with Gasteiger partial charge in [-0.1, -0.05) is 48.0 Å². The highest BCUT2D eigenvalue weighted by Crippen LogP contribution is 2.24. The van der Waals surface area contributed by atoms with Crippen LogP contribution in [0.15, 0.2) is 58.4 Å². The van der Waals surface area contributed by atoms with Crippen molar-refractivity contribution < 1.29 is 4.92 Å². The molecule has 2 N–H and O–H groups in total. The van der Waals surface area contributed by atoms with E-state index in [0.29, 0.717) is 24.1 Å². The molecule has 1 aromatic heterocycles. The average molecular weight is 439 g/mol. The summed E-state index contributed by atoms with van der Waals surface area (Å²) in [5, 5.41) is 15.0. The quantitative estimate of drug-likeness (QED) is 0.346. The van der Waals surface area contributed by atoms with Crippen molar-refractivity contribution >= 4 is 29.5 Å². The lowest BCUT2D eigenvalue weighted by Gasteiger charge is -2.27. The first kappa shape index (κ1) is 20.7. The summed E-state index contributed by atoms with van der Waals surface area (Å²) in [4.78, 5) is 32.4. The number of H-pyrrole nitrogens is 1. The van der Waals surface area contributed by atoms with Gasteiger partial charge in [0.1, 0.15) is 5.02 Å². The second kappa shape index (κ2) is 9.07. The normalized spacial score (nSPS) is 13.8. The Morgan fingerprint density at radius 2 is 2.10 bits per heavy atom. The van der Waals surface area contributed by atoms with Gasteiger partial charge in [0.05, 0.1) is 22.4 Å². The maximum absolute atomic E-state index is 12.6. The predicted molar refractivity (Wildman–Crippen MR) is 118 cm³/mol. The van der Waals surface area contributed by atoms with Crippen LogP contribution >= 0.6 is 11.6 Å². The SMILES string of the molecule is O=c1[nH]c(N/N=C\c2ccc(Cl)c([N+](=O)[O-])c2)nc2c1CN(Cc1ccccc1)CC2. The topological polar surface area (TPSA) is 117 Å². The Labute approximate surface area is 182 Å². The van der Waals surface area contributed by atoms with E-state index in [0.717, 1.165) is 18.8 Å². The molecule has 0 unspecified atom stereocenters. The van der Waals surface area contributed by atoms with E-state index in [2.05, 4.69) is 37.5 Å². The van der Waals surface area contributed by atoms with Gasteiger partial charge in [0.25, 0.3) is 11.2 Å². The Morgan fingerprint density at radius 1 is 1.29 bits per heavy atom.